The number of nitrogens with zero attached hydrogens (tertiary/aromatic N) is 2. The molecule has 0 bridgehead atoms. The number of anilines is 2. The van der Waals surface area contributed by atoms with Crippen molar-refractivity contribution in [3.63, 3.8) is 0 Å². The van der Waals surface area contributed by atoms with Crippen LogP contribution in [0.4, 0.5) is 11.5 Å². The Hall–Kier alpha value is -2.21. The van der Waals surface area contributed by atoms with E-state index in [1.165, 1.54) is 0 Å². The zero-order chi connectivity index (χ0) is 15.4. The number of hydrogen-bond donors (Lipinski definition) is 2. The number of aromatic nitrogens is 2. The number of aryl methyl sites for hydroxylation is 1. The van der Waals surface area contributed by atoms with Crippen molar-refractivity contribution in [1.82, 2.24) is 10.2 Å². The van der Waals surface area contributed by atoms with E-state index >= 15 is 0 Å². The van der Waals surface area contributed by atoms with Crippen LogP contribution in [0.5, 0.6) is 5.75 Å². The van der Waals surface area contributed by atoms with Gasteiger partial charge in [-0.1, -0.05) is 12.2 Å². The Balaban J connectivity index is 2.31. The summed E-state index contributed by atoms with van der Waals surface area (Å²) in [4.78, 5) is 0.305. The standard InChI is InChI=1S/C15H18N4OS/c1-4-20-12-7-5-11(6-8-12)17-15-13(14(16)21)9(2)10(3)18-19-15/h5-8H,4H2,1-3H3,(H2,16,21)(H,17,19). The number of rotatable bonds is 5. The lowest BCUT2D eigenvalue weighted by atomic mass is 10.1. The predicted octanol–water partition coefficient (Wildman–Crippen LogP) is 2.87. The first-order chi connectivity index (χ1) is 10.0. The minimum absolute atomic E-state index is 0.305. The van der Waals surface area contributed by atoms with Crippen LogP contribution >= 0.6 is 12.2 Å². The molecule has 3 N–H and O–H groups in total. The molecule has 0 saturated heterocycles. The van der Waals surface area contributed by atoms with E-state index in [1.54, 1.807) is 0 Å². The van der Waals surface area contributed by atoms with Gasteiger partial charge >= 0.3 is 0 Å². The average Bonchev–Trinajstić information content (AvgIpc) is 2.45. The summed E-state index contributed by atoms with van der Waals surface area (Å²) >= 11 is 5.12. The summed E-state index contributed by atoms with van der Waals surface area (Å²) in [6.07, 6.45) is 0. The van der Waals surface area contributed by atoms with Gasteiger partial charge in [0.05, 0.1) is 17.9 Å². The Morgan fingerprint density at radius 1 is 1.24 bits per heavy atom. The lowest BCUT2D eigenvalue weighted by molar-refractivity contribution is 0.340. The number of hydrogen-bond acceptors (Lipinski definition) is 5. The highest BCUT2D eigenvalue weighted by atomic mass is 32.1. The van der Waals surface area contributed by atoms with Crippen LogP contribution in [-0.2, 0) is 0 Å². The van der Waals surface area contributed by atoms with Gasteiger partial charge in [-0.25, -0.2) is 0 Å². The fourth-order valence-electron chi connectivity index (χ4n) is 1.94. The van der Waals surface area contributed by atoms with Gasteiger partial charge in [0.1, 0.15) is 10.7 Å². The third-order valence-electron chi connectivity index (χ3n) is 3.13. The highest BCUT2D eigenvalue weighted by Gasteiger charge is 2.13. The van der Waals surface area contributed by atoms with Crippen LogP contribution in [0.1, 0.15) is 23.7 Å². The average molecular weight is 302 g/mol. The Morgan fingerprint density at radius 3 is 2.48 bits per heavy atom. The van der Waals surface area contributed by atoms with E-state index in [4.69, 9.17) is 22.7 Å². The van der Waals surface area contributed by atoms with Crippen molar-refractivity contribution in [2.75, 3.05) is 11.9 Å². The van der Waals surface area contributed by atoms with Gasteiger partial charge < -0.3 is 15.8 Å². The molecule has 0 spiro atoms. The normalized spacial score (nSPS) is 10.2. The van der Waals surface area contributed by atoms with E-state index < -0.39 is 0 Å². The zero-order valence-corrected chi connectivity index (χ0v) is 13.1. The number of nitrogens with two attached hydrogens (primary N) is 1. The first-order valence-corrected chi connectivity index (χ1v) is 7.07. The summed E-state index contributed by atoms with van der Waals surface area (Å²) in [5.74, 6) is 1.39. The van der Waals surface area contributed by atoms with Crippen LogP contribution in [0.2, 0.25) is 0 Å². The smallest absolute Gasteiger partial charge is 0.163 e. The van der Waals surface area contributed by atoms with E-state index in [1.807, 2.05) is 45.0 Å². The first kappa shape index (κ1) is 15.2. The Kier molecular flexibility index (Phi) is 4.70. The lowest BCUT2D eigenvalue weighted by Crippen LogP contribution is -2.16. The SMILES string of the molecule is CCOc1ccc(Nc2nnc(C)c(C)c2C(N)=S)cc1. The lowest BCUT2D eigenvalue weighted by Gasteiger charge is -2.13. The molecule has 2 rings (SSSR count). The van der Waals surface area contributed by atoms with Crippen LogP contribution in [0.15, 0.2) is 24.3 Å². The second-order valence-corrected chi connectivity index (χ2v) is 5.02. The molecule has 6 heteroatoms. The van der Waals surface area contributed by atoms with Gasteiger partial charge in [-0.3, -0.25) is 0 Å². The molecule has 0 radical (unpaired) electrons. The van der Waals surface area contributed by atoms with Crippen LogP contribution in [0, 0.1) is 13.8 Å². The molecule has 0 amide bonds. The van der Waals surface area contributed by atoms with Crippen molar-refractivity contribution in [3.05, 3.63) is 41.1 Å². The van der Waals surface area contributed by atoms with E-state index in [0.717, 1.165) is 28.3 Å². The molecule has 1 aromatic heterocycles. The van der Waals surface area contributed by atoms with E-state index in [-0.39, 0.29) is 0 Å². The Labute approximate surface area is 129 Å². The number of nitrogens with one attached hydrogen (secondary N) is 1. The quantitative estimate of drug-likeness (QED) is 0.827. The Morgan fingerprint density at radius 2 is 1.90 bits per heavy atom. The minimum Gasteiger partial charge on any atom is -0.494 e. The molecule has 0 aliphatic carbocycles. The van der Waals surface area contributed by atoms with Gasteiger partial charge in [0.2, 0.25) is 0 Å². The molecule has 2 aromatic rings. The van der Waals surface area contributed by atoms with Crippen LogP contribution in [0.25, 0.3) is 0 Å². The molecule has 0 fully saturated rings. The summed E-state index contributed by atoms with van der Waals surface area (Å²) < 4.78 is 5.41. The predicted molar refractivity (Wildman–Crippen MR) is 88.3 cm³/mol. The maximum Gasteiger partial charge on any atom is 0.163 e. The van der Waals surface area contributed by atoms with E-state index in [2.05, 4.69) is 15.5 Å². The molecule has 1 heterocycles. The monoisotopic (exact) mass is 302 g/mol. The summed E-state index contributed by atoms with van der Waals surface area (Å²) in [5.41, 5.74) is 9.15. The summed E-state index contributed by atoms with van der Waals surface area (Å²) in [6.45, 7) is 6.40. The van der Waals surface area contributed by atoms with Crippen molar-refractivity contribution in [2.24, 2.45) is 5.73 Å². The van der Waals surface area contributed by atoms with Gasteiger partial charge in [0, 0.05) is 5.69 Å². The fraction of sp³-hybridized carbons (Fsp3) is 0.267. The number of thiocarbonyl (C=S) groups is 1. The van der Waals surface area contributed by atoms with Crippen molar-refractivity contribution >= 4 is 28.7 Å². The summed E-state index contributed by atoms with van der Waals surface area (Å²) in [7, 11) is 0. The summed E-state index contributed by atoms with van der Waals surface area (Å²) in [5, 5.41) is 11.5. The van der Waals surface area contributed by atoms with Gasteiger partial charge in [-0.2, -0.15) is 5.10 Å². The molecule has 1 aromatic carbocycles. The second-order valence-electron chi connectivity index (χ2n) is 4.58. The van der Waals surface area contributed by atoms with Gasteiger partial charge in [0.25, 0.3) is 0 Å². The highest BCUT2D eigenvalue weighted by Crippen LogP contribution is 2.23. The third-order valence-corrected chi connectivity index (χ3v) is 3.33. The van der Waals surface area contributed by atoms with E-state index in [9.17, 15) is 0 Å². The Bertz CT molecular complexity index is 655. The molecular formula is C15H18N4OS. The highest BCUT2D eigenvalue weighted by molar-refractivity contribution is 7.80. The molecule has 0 aliphatic rings. The van der Waals surface area contributed by atoms with Crippen molar-refractivity contribution < 1.29 is 4.74 Å². The van der Waals surface area contributed by atoms with Gasteiger partial charge in [0.15, 0.2) is 5.82 Å². The second kappa shape index (κ2) is 6.49. The molecule has 0 aliphatic heterocycles. The third kappa shape index (κ3) is 3.46. The molecule has 110 valence electrons. The molecule has 21 heavy (non-hydrogen) atoms. The number of benzene rings is 1. The van der Waals surface area contributed by atoms with Crippen molar-refractivity contribution in [3.8, 4) is 5.75 Å². The van der Waals surface area contributed by atoms with E-state index in [0.29, 0.717) is 17.4 Å². The minimum atomic E-state index is 0.305. The molecule has 5 nitrogen and oxygen atoms in total. The van der Waals surface area contributed by atoms with Crippen LogP contribution in [-0.4, -0.2) is 21.8 Å². The fourth-order valence-corrected chi connectivity index (χ4v) is 2.19. The maximum absolute atomic E-state index is 5.81. The van der Waals surface area contributed by atoms with Crippen LogP contribution < -0.4 is 15.8 Å². The molecular weight excluding hydrogens is 284 g/mol. The van der Waals surface area contributed by atoms with Gasteiger partial charge in [-0.15, -0.1) is 5.10 Å². The molecule has 0 unspecified atom stereocenters. The topological polar surface area (TPSA) is 73.1 Å². The van der Waals surface area contributed by atoms with Crippen molar-refractivity contribution in [2.45, 2.75) is 20.8 Å². The maximum atomic E-state index is 5.81. The molecule has 0 atom stereocenters. The first-order valence-electron chi connectivity index (χ1n) is 6.66. The molecule has 0 saturated carbocycles. The van der Waals surface area contributed by atoms with Gasteiger partial charge in [-0.05, 0) is 50.6 Å². The zero-order valence-electron chi connectivity index (χ0n) is 12.3. The number of ether oxygens (including phenoxy) is 1. The summed E-state index contributed by atoms with van der Waals surface area (Å²) in [6, 6.07) is 7.60. The van der Waals surface area contributed by atoms with Crippen molar-refractivity contribution in [1.29, 1.82) is 0 Å². The van der Waals surface area contributed by atoms with Crippen LogP contribution in [0.3, 0.4) is 0 Å². The largest absolute Gasteiger partial charge is 0.494 e.